The predicted molar refractivity (Wildman–Crippen MR) is 143 cm³/mol. The minimum absolute atomic E-state index is 0.0708. The standard InChI is InChI=1S/C29H25FNO5S/c1-19-15-25(37-14-12-22-17-24(31(33)34)9-10-26(22)37)16-20(2)28(19)35-18-27(32)36-29(3,4)13-11-21-5-7-23(30)8-6-21/h5-10,12,14-17H,18H2,1-4H3/q+1. The number of esters is 1. The van der Waals surface area contributed by atoms with Gasteiger partial charge in [-0.05, 0) is 63.1 Å². The van der Waals surface area contributed by atoms with Crippen molar-refractivity contribution in [2.24, 2.45) is 0 Å². The molecule has 188 valence electrons. The molecule has 0 spiro atoms. The monoisotopic (exact) mass is 518 g/mol. The maximum atomic E-state index is 13.1. The van der Waals surface area contributed by atoms with Gasteiger partial charge in [-0.2, -0.15) is 0 Å². The van der Waals surface area contributed by atoms with Crippen LogP contribution in [0.1, 0.15) is 30.5 Å². The second-order valence-corrected chi connectivity index (χ2v) is 10.9. The molecular formula is C29H25FNO5S+. The van der Waals surface area contributed by atoms with Crippen molar-refractivity contribution in [3.05, 3.63) is 98.7 Å². The normalized spacial score (nSPS) is 11.5. The maximum Gasteiger partial charge on any atom is 0.345 e. The molecule has 1 atom stereocenters. The van der Waals surface area contributed by atoms with Gasteiger partial charge in [0.2, 0.25) is 0 Å². The van der Waals surface area contributed by atoms with E-state index in [2.05, 4.69) is 17.2 Å². The minimum Gasteiger partial charge on any atom is -0.481 e. The highest BCUT2D eigenvalue weighted by Crippen LogP contribution is 2.43. The van der Waals surface area contributed by atoms with Crippen LogP contribution in [-0.4, -0.2) is 23.1 Å². The Morgan fingerprint density at radius 2 is 1.73 bits per heavy atom. The van der Waals surface area contributed by atoms with Crippen molar-refractivity contribution in [1.82, 2.24) is 0 Å². The van der Waals surface area contributed by atoms with E-state index in [0.717, 1.165) is 26.1 Å². The lowest BCUT2D eigenvalue weighted by molar-refractivity contribution is -0.384. The van der Waals surface area contributed by atoms with Gasteiger partial charge in [-0.25, -0.2) is 9.18 Å². The van der Waals surface area contributed by atoms with E-state index in [1.165, 1.54) is 18.2 Å². The third-order valence-corrected chi connectivity index (χ3v) is 7.57. The number of nitrogens with zero attached hydrogens (tertiary/aromatic N) is 1. The number of rotatable bonds is 6. The number of benzene rings is 3. The molecule has 4 aromatic rings. The van der Waals surface area contributed by atoms with Crippen molar-refractivity contribution in [1.29, 1.82) is 0 Å². The van der Waals surface area contributed by atoms with Crippen LogP contribution in [0.25, 0.3) is 15.0 Å². The Labute approximate surface area is 216 Å². The molecule has 1 heterocycles. The second kappa shape index (κ2) is 10.4. The van der Waals surface area contributed by atoms with Gasteiger partial charge in [0.15, 0.2) is 21.8 Å². The molecular weight excluding hydrogens is 493 g/mol. The third-order valence-electron chi connectivity index (χ3n) is 5.57. The SMILES string of the molecule is Cc1cc(-[s+]2ccc3cc([N+](=O)[O-])ccc32)cc(C)c1OCC(=O)OC(C)(C)C#Cc1ccc(F)cc1. The number of hydrogen-bond donors (Lipinski definition) is 0. The summed E-state index contributed by atoms with van der Waals surface area (Å²) in [5.74, 6) is 5.48. The van der Waals surface area contributed by atoms with Gasteiger partial charge >= 0.3 is 5.97 Å². The zero-order valence-corrected chi connectivity index (χ0v) is 21.6. The summed E-state index contributed by atoms with van der Waals surface area (Å²) in [5.41, 5.74) is 1.37. The van der Waals surface area contributed by atoms with Crippen LogP contribution in [0, 0.1) is 41.6 Å². The van der Waals surface area contributed by atoms with Crippen LogP contribution < -0.4 is 4.74 Å². The summed E-state index contributed by atoms with van der Waals surface area (Å²) < 4.78 is 25.4. The first-order chi connectivity index (χ1) is 17.5. The van der Waals surface area contributed by atoms with Crippen molar-refractivity contribution in [3.63, 3.8) is 0 Å². The van der Waals surface area contributed by atoms with Crippen LogP contribution in [-0.2, 0) is 9.53 Å². The fourth-order valence-electron chi connectivity index (χ4n) is 3.89. The molecule has 1 aromatic heterocycles. The van der Waals surface area contributed by atoms with Crippen molar-refractivity contribution in [2.75, 3.05) is 6.61 Å². The van der Waals surface area contributed by atoms with E-state index in [9.17, 15) is 19.3 Å². The van der Waals surface area contributed by atoms with E-state index >= 15 is 0 Å². The lowest BCUT2D eigenvalue weighted by Crippen LogP contribution is -2.29. The highest BCUT2D eigenvalue weighted by atomic mass is 32.2. The number of non-ortho nitro benzene ring substituents is 1. The van der Waals surface area contributed by atoms with Gasteiger partial charge in [0.25, 0.3) is 5.69 Å². The summed E-state index contributed by atoms with van der Waals surface area (Å²) in [4.78, 5) is 24.2. The first kappa shape index (κ1) is 25.9. The Balaban J connectivity index is 1.45. The number of nitro benzene ring substituents is 1. The Bertz CT molecular complexity index is 1540. The van der Waals surface area contributed by atoms with Gasteiger partial charge in [0, 0.05) is 57.8 Å². The third kappa shape index (κ3) is 6.13. The summed E-state index contributed by atoms with van der Waals surface area (Å²) in [5, 5.41) is 14.0. The average Bonchev–Trinajstić information content (AvgIpc) is 3.26. The zero-order valence-electron chi connectivity index (χ0n) is 20.8. The number of halogens is 1. The highest BCUT2D eigenvalue weighted by Gasteiger charge is 2.23. The molecule has 4 rings (SSSR count). The Morgan fingerprint density at radius 3 is 2.38 bits per heavy atom. The number of hydrogen-bond acceptors (Lipinski definition) is 5. The largest absolute Gasteiger partial charge is 0.481 e. The first-order valence-corrected chi connectivity index (χ1v) is 12.8. The van der Waals surface area contributed by atoms with Gasteiger partial charge < -0.3 is 9.47 Å². The zero-order chi connectivity index (χ0) is 26.7. The number of fused-ring (bicyclic) bond motifs is 1. The molecule has 1 unspecified atom stereocenters. The molecule has 0 aliphatic rings. The summed E-state index contributed by atoms with van der Waals surface area (Å²) in [6.07, 6.45) is 0. The van der Waals surface area contributed by atoms with Crippen LogP contribution >= 0.6 is 10.5 Å². The minimum atomic E-state index is -1.05. The van der Waals surface area contributed by atoms with E-state index in [0.29, 0.717) is 11.3 Å². The highest BCUT2D eigenvalue weighted by molar-refractivity contribution is 7.43. The van der Waals surface area contributed by atoms with Gasteiger partial charge in [-0.1, -0.05) is 11.8 Å². The predicted octanol–water partition coefficient (Wildman–Crippen LogP) is 6.99. The van der Waals surface area contributed by atoms with E-state index in [-0.39, 0.29) is 28.6 Å². The number of carbonyl (C=O) groups is 1. The van der Waals surface area contributed by atoms with Gasteiger partial charge in [-0.3, -0.25) is 10.1 Å². The average molecular weight is 519 g/mol. The molecule has 0 N–H and O–H groups in total. The van der Waals surface area contributed by atoms with E-state index in [4.69, 9.17) is 9.47 Å². The molecule has 0 aliphatic heterocycles. The lowest BCUT2D eigenvalue weighted by Gasteiger charge is -2.19. The van der Waals surface area contributed by atoms with Gasteiger partial charge in [0.1, 0.15) is 16.9 Å². The summed E-state index contributed by atoms with van der Waals surface area (Å²) >= 11 is 0. The maximum absolute atomic E-state index is 13.1. The molecule has 6 nitrogen and oxygen atoms in total. The fraction of sp³-hybridized carbons (Fsp3) is 0.207. The molecule has 37 heavy (non-hydrogen) atoms. The van der Waals surface area contributed by atoms with Gasteiger partial charge in [0.05, 0.1) is 4.92 Å². The second-order valence-electron chi connectivity index (χ2n) is 9.04. The molecule has 0 saturated heterocycles. The first-order valence-electron chi connectivity index (χ1n) is 11.5. The van der Waals surface area contributed by atoms with E-state index in [1.54, 1.807) is 32.0 Å². The number of aryl methyl sites for hydroxylation is 2. The number of ether oxygens (including phenoxy) is 2. The van der Waals surface area contributed by atoms with Crippen LogP contribution in [0.15, 0.2) is 66.0 Å². The molecule has 0 fully saturated rings. The molecule has 0 bridgehead atoms. The molecule has 3 aromatic carbocycles. The van der Waals surface area contributed by atoms with Crippen molar-refractivity contribution in [3.8, 4) is 22.5 Å². The van der Waals surface area contributed by atoms with Crippen LogP contribution in [0.2, 0.25) is 0 Å². The molecule has 0 radical (unpaired) electrons. The number of thiophene rings is 1. The summed E-state index contributed by atoms with van der Waals surface area (Å²) in [6.45, 7) is 6.90. The van der Waals surface area contributed by atoms with Crippen molar-refractivity contribution in [2.45, 2.75) is 33.3 Å². The Morgan fingerprint density at radius 1 is 1.05 bits per heavy atom. The smallest absolute Gasteiger partial charge is 0.345 e. The van der Waals surface area contributed by atoms with Crippen LogP contribution in [0.5, 0.6) is 5.75 Å². The van der Waals surface area contributed by atoms with Crippen LogP contribution in [0.4, 0.5) is 10.1 Å². The Kier molecular flexibility index (Phi) is 7.28. The molecule has 8 heteroatoms. The Hall–Kier alpha value is -4.22. The van der Waals surface area contributed by atoms with Crippen LogP contribution in [0.3, 0.4) is 0 Å². The summed E-state index contributed by atoms with van der Waals surface area (Å²) in [7, 11) is -0.348. The topological polar surface area (TPSA) is 78.7 Å². The lowest BCUT2D eigenvalue weighted by atomic mass is 10.1. The molecule has 0 amide bonds. The quantitative estimate of drug-likeness (QED) is 0.0903. The molecule has 0 saturated carbocycles. The van der Waals surface area contributed by atoms with E-state index in [1.807, 2.05) is 38.1 Å². The molecule has 0 aliphatic carbocycles. The van der Waals surface area contributed by atoms with Crippen molar-refractivity contribution < 1.29 is 23.6 Å². The van der Waals surface area contributed by atoms with E-state index < -0.39 is 16.5 Å². The van der Waals surface area contributed by atoms with Gasteiger partial charge in [-0.15, -0.1) is 0 Å². The van der Waals surface area contributed by atoms with Crippen molar-refractivity contribution >= 4 is 32.2 Å². The fourth-order valence-corrected chi connectivity index (χ4v) is 5.94. The number of carbonyl (C=O) groups excluding carboxylic acids is 1. The number of nitro groups is 1. The summed E-state index contributed by atoms with van der Waals surface area (Å²) in [6, 6.07) is 16.6.